The summed E-state index contributed by atoms with van der Waals surface area (Å²) in [6.45, 7) is 2.87. The molecule has 1 saturated heterocycles. The van der Waals surface area contributed by atoms with E-state index < -0.39 is 17.8 Å². The van der Waals surface area contributed by atoms with Crippen molar-refractivity contribution in [3.8, 4) is 0 Å². The van der Waals surface area contributed by atoms with Crippen LogP contribution in [0.25, 0.3) is 0 Å². The third-order valence-electron chi connectivity index (χ3n) is 3.82. The summed E-state index contributed by atoms with van der Waals surface area (Å²) in [5.74, 6) is -0.203. The van der Waals surface area contributed by atoms with Gasteiger partial charge in [-0.1, -0.05) is 0 Å². The fourth-order valence-electron chi connectivity index (χ4n) is 2.50. The second-order valence-electron chi connectivity index (χ2n) is 5.33. The number of nitrogens with zero attached hydrogens (tertiary/aromatic N) is 1. The van der Waals surface area contributed by atoms with Gasteiger partial charge < -0.3 is 4.90 Å². The molecule has 3 nitrogen and oxygen atoms in total. The maximum atomic E-state index is 12.8. The summed E-state index contributed by atoms with van der Waals surface area (Å²) in [6, 6.07) is -0.757. The van der Waals surface area contributed by atoms with Crippen LogP contribution in [0.2, 0.25) is 0 Å². The first-order valence-corrected chi connectivity index (χ1v) is 6.49. The van der Waals surface area contributed by atoms with Crippen LogP contribution in [0.15, 0.2) is 0 Å². The maximum Gasteiger partial charge on any atom is 0.406 e. The molecule has 1 aliphatic heterocycles. The second kappa shape index (κ2) is 4.72. The van der Waals surface area contributed by atoms with Gasteiger partial charge in [-0.3, -0.25) is 10.1 Å². The number of hydrogen-bond donors (Lipinski definition) is 1. The summed E-state index contributed by atoms with van der Waals surface area (Å²) < 4.78 is 38.3. The number of halogens is 3. The number of carbonyl (C=O) groups is 1. The number of alkyl halides is 3. The van der Waals surface area contributed by atoms with Crippen molar-refractivity contribution in [2.24, 2.45) is 0 Å². The Balaban J connectivity index is 1.91. The van der Waals surface area contributed by atoms with Gasteiger partial charge in [0.1, 0.15) is 5.54 Å². The Morgan fingerprint density at radius 1 is 1.22 bits per heavy atom. The molecule has 0 spiro atoms. The minimum absolute atomic E-state index is 0.0775. The molecule has 0 aromatic carbocycles. The van der Waals surface area contributed by atoms with E-state index in [-0.39, 0.29) is 18.7 Å². The van der Waals surface area contributed by atoms with E-state index in [1.807, 2.05) is 0 Å². The van der Waals surface area contributed by atoms with Crippen LogP contribution in [0.4, 0.5) is 13.2 Å². The Hall–Kier alpha value is -0.780. The largest absolute Gasteiger partial charge is 0.406 e. The summed E-state index contributed by atoms with van der Waals surface area (Å²) in [5, 5.41) is 2.49. The van der Waals surface area contributed by atoms with E-state index in [4.69, 9.17) is 0 Å². The van der Waals surface area contributed by atoms with Gasteiger partial charge in [0.05, 0.1) is 6.04 Å². The molecule has 2 rings (SSSR count). The number of likely N-dealkylation sites (tertiary alicyclic amines) is 1. The number of amides is 1. The normalized spacial score (nSPS) is 24.8. The first-order valence-electron chi connectivity index (χ1n) is 6.49. The van der Waals surface area contributed by atoms with Gasteiger partial charge in [-0.15, -0.1) is 0 Å². The van der Waals surface area contributed by atoms with E-state index in [1.54, 1.807) is 4.90 Å². The molecule has 2 aliphatic rings. The number of rotatable bonds is 3. The average molecular weight is 264 g/mol. The molecule has 18 heavy (non-hydrogen) atoms. The molecule has 1 N–H and O–H groups in total. The molecule has 0 aromatic rings. The lowest BCUT2D eigenvalue weighted by Gasteiger charge is -2.31. The van der Waals surface area contributed by atoms with E-state index in [9.17, 15) is 18.0 Å². The van der Waals surface area contributed by atoms with Crippen molar-refractivity contribution >= 4 is 5.91 Å². The molecule has 1 saturated carbocycles. The van der Waals surface area contributed by atoms with E-state index >= 15 is 0 Å². The van der Waals surface area contributed by atoms with E-state index in [2.05, 4.69) is 5.32 Å². The van der Waals surface area contributed by atoms with Gasteiger partial charge in [-0.2, -0.15) is 13.2 Å². The van der Waals surface area contributed by atoms with Crippen LogP contribution in [0.5, 0.6) is 0 Å². The lowest BCUT2D eigenvalue weighted by atomic mass is 10.1. The second-order valence-corrected chi connectivity index (χ2v) is 5.33. The molecule has 104 valence electrons. The van der Waals surface area contributed by atoms with Gasteiger partial charge in [-0.05, 0) is 39.0 Å². The van der Waals surface area contributed by atoms with Gasteiger partial charge in [0.25, 0.3) is 0 Å². The highest BCUT2D eigenvalue weighted by molar-refractivity contribution is 5.81. The molecule has 0 bridgehead atoms. The Kier molecular flexibility index (Phi) is 3.58. The van der Waals surface area contributed by atoms with Crippen LogP contribution in [0.1, 0.15) is 39.0 Å². The first kappa shape index (κ1) is 13.6. The summed E-state index contributed by atoms with van der Waals surface area (Å²) in [7, 11) is 0. The van der Waals surface area contributed by atoms with E-state index in [1.165, 1.54) is 6.92 Å². The zero-order valence-corrected chi connectivity index (χ0v) is 10.5. The minimum Gasteiger partial charge on any atom is -0.341 e. The van der Waals surface area contributed by atoms with Crippen molar-refractivity contribution in [3.63, 3.8) is 0 Å². The van der Waals surface area contributed by atoms with Crippen LogP contribution in [0.3, 0.4) is 0 Å². The van der Waals surface area contributed by atoms with Crippen LogP contribution in [-0.4, -0.2) is 41.7 Å². The lowest BCUT2D eigenvalue weighted by Crippen LogP contribution is -2.55. The van der Waals surface area contributed by atoms with Crippen molar-refractivity contribution in [2.75, 3.05) is 13.1 Å². The number of carbonyl (C=O) groups excluding carboxylic acids is 1. The van der Waals surface area contributed by atoms with E-state index in [0.29, 0.717) is 13.1 Å². The molecule has 0 aromatic heterocycles. The molecule has 1 heterocycles. The Morgan fingerprint density at radius 2 is 1.78 bits per heavy atom. The van der Waals surface area contributed by atoms with Crippen molar-refractivity contribution in [3.05, 3.63) is 0 Å². The number of nitrogens with one attached hydrogen (secondary N) is 1. The molecular formula is C12H19F3N2O. The lowest BCUT2D eigenvalue weighted by molar-refractivity contribution is -0.169. The minimum atomic E-state index is -4.26. The van der Waals surface area contributed by atoms with Crippen molar-refractivity contribution in [2.45, 2.75) is 56.8 Å². The molecule has 6 heteroatoms. The predicted molar refractivity (Wildman–Crippen MR) is 61.0 cm³/mol. The van der Waals surface area contributed by atoms with E-state index in [0.717, 1.165) is 19.3 Å². The fourth-order valence-corrected chi connectivity index (χ4v) is 2.50. The van der Waals surface area contributed by atoms with Crippen LogP contribution in [-0.2, 0) is 4.79 Å². The highest BCUT2D eigenvalue weighted by Crippen LogP contribution is 2.49. The smallest absolute Gasteiger partial charge is 0.341 e. The topological polar surface area (TPSA) is 32.3 Å². The van der Waals surface area contributed by atoms with Crippen LogP contribution in [0, 0.1) is 0 Å². The summed E-state index contributed by atoms with van der Waals surface area (Å²) in [6.07, 6.45) is -1.12. The SMILES string of the molecule is CC(NC1(C(F)(F)F)CC1)C(=O)N1CCCCC1. The summed E-state index contributed by atoms with van der Waals surface area (Å²) in [5.41, 5.74) is -1.81. The molecule has 1 amide bonds. The van der Waals surface area contributed by atoms with Gasteiger partial charge >= 0.3 is 6.18 Å². The quantitative estimate of drug-likeness (QED) is 0.846. The van der Waals surface area contributed by atoms with Crippen LogP contribution < -0.4 is 5.32 Å². The molecule has 1 unspecified atom stereocenters. The monoisotopic (exact) mass is 264 g/mol. The zero-order valence-electron chi connectivity index (χ0n) is 10.5. The van der Waals surface area contributed by atoms with Crippen molar-refractivity contribution < 1.29 is 18.0 Å². The van der Waals surface area contributed by atoms with Crippen LogP contribution >= 0.6 is 0 Å². The molecule has 1 atom stereocenters. The molecule has 0 radical (unpaired) electrons. The zero-order chi connectivity index (χ0) is 13.4. The average Bonchev–Trinajstić information content (AvgIpc) is 3.09. The summed E-state index contributed by atoms with van der Waals surface area (Å²) in [4.78, 5) is 13.7. The van der Waals surface area contributed by atoms with Crippen molar-refractivity contribution in [1.82, 2.24) is 10.2 Å². The van der Waals surface area contributed by atoms with Gasteiger partial charge in [-0.25, -0.2) is 0 Å². The third kappa shape index (κ3) is 2.63. The number of piperidine rings is 1. The molecular weight excluding hydrogens is 245 g/mol. The predicted octanol–water partition coefficient (Wildman–Crippen LogP) is 2.07. The van der Waals surface area contributed by atoms with Crippen molar-refractivity contribution in [1.29, 1.82) is 0 Å². The van der Waals surface area contributed by atoms with Gasteiger partial charge in [0.15, 0.2) is 0 Å². The van der Waals surface area contributed by atoms with Gasteiger partial charge in [0, 0.05) is 13.1 Å². The molecule has 1 aliphatic carbocycles. The highest BCUT2D eigenvalue weighted by Gasteiger charge is 2.64. The third-order valence-corrected chi connectivity index (χ3v) is 3.82. The standard InChI is InChI=1S/C12H19F3N2O/c1-9(10(18)17-7-3-2-4-8-17)16-11(5-6-11)12(13,14)15/h9,16H,2-8H2,1H3. The Morgan fingerprint density at radius 3 is 2.22 bits per heavy atom. The summed E-state index contributed by atoms with van der Waals surface area (Å²) >= 11 is 0. The fraction of sp³-hybridized carbons (Fsp3) is 0.917. The van der Waals surface area contributed by atoms with Gasteiger partial charge in [0.2, 0.25) is 5.91 Å². The highest BCUT2D eigenvalue weighted by atomic mass is 19.4. The maximum absolute atomic E-state index is 12.8. The first-order chi connectivity index (χ1) is 8.36. The Labute approximate surface area is 105 Å². The Bertz CT molecular complexity index is 320. The number of hydrogen-bond acceptors (Lipinski definition) is 2. The molecule has 2 fully saturated rings.